The van der Waals surface area contributed by atoms with Gasteiger partial charge in [0.2, 0.25) is 0 Å². The van der Waals surface area contributed by atoms with Crippen LogP contribution in [0.2, 0.25) is 0 Å². The maximum absolute atomic E-state index is 12.6. The number of ether oxygens (including phenoxy) is 1. The predicted octanol–water partition coefficient (Wildman–Crippen LogP) is 3.01. The molecule has 0 spiro atoms. The molecule has 5 nitrogen and oxygen atoms in total. The van der Waals surface area contributed by atoms with Gasteiger partial charge in [-0.15, -0.1) is 0 Å². The van der Waals surface area contributed by atoms with Gasteiger partial charge in [-0.1, -0.05) is 30.3 Å². The standard InChI is InChI=1S/C15H9NO4/c17-14-12-9(5-3-6-10(12)16(18)19)15-13(14)8-4-1-2-7-11(8)20-15/h1-7,13,15H. The van der Waals surface area contributed by atoms with Gasteiger partial charge in [-0.25, -0.2) is 0 Å². The molecule has 2 aromatic rings. The van der Waals surface area contributed by atoms with Gasteiger partial charge in [0, 0.05) is 17.2 Å². The van der Waals surface area contributed by atoms with E-state index in [1.54, 1.807) is 12.1 Å². The summed E-state index contributed by atoms with van der Waals surface area (Å²) in [5.41, 5.74) is 1.49. The van der Waals surface area contributed by atoms with Gasteiger partial charge in [0.15, 0.2) is 5.78 Å². The number of nitro groups is 1. The van der Waals surface area contributed by atoms with Gasteiger partial charge in [-0.2, -0.15) is 0 Å². The molecule has 0 bridgehead atoms. The van der Waals surface area contributed by atoms with Crippen LogP contribution >= 0.6 is 0 Å². The van der Waals surface area contributed by atoms with Gasteiger partial charge in [0.1, 0.15) is 17.4 Å². The Balaban J connectivity index is 1.93. The van der Waals surface area contributed by atoms with E-state index in [4.69, 9.17) is 4.74 Å². The minimum absolute atomic E-state index is 0.136. The lowest BCUT2D eigenvalue weighted by atomic mass is 9.95. The van der Waals surface area contributed by atoms with Gasteiger partial charge in [0.05, 0.1) is 10.8 Å². The van der Waals surface area contributed by atoms with Crippen molar-refractivity contribution in [2.24, 2.45) is 0 Å². The molecule has 5 heteroatoms. The molecule has 2 unspecified atom stereocenters. The average Bonchev–Trinajstić information content (AvgIpc) is 2.96. The van der Waals surface area contributed by atoms with Crippen molar-refractivity contribution in [3.05, 3.63) is 69.3 Å². The molecule has 0 N–H and O–H groups in total. The van der Waals surface area contributed by atoms with E-state index in [1.165, 1.54) is 6.07 Å². The molecular weight excluding hydrogens is 258 g/mol. The summed E-state index contributed by atoms with van der Waals surface area (Å²) in [6.45, 7) is 0. The molecule has 0 aromatic heterocycles. The highest BCUT2D eigenvalue weighted by atomic mass is 16.6. The Hall–Kier alpha value is -2.69. The van der Waals surface area contributed by atoms with E-state index in [-0.39, 0.29) is 17.0 Å². The minimum Gasteiger partial charge on any atom is -0.484 e. The number of carbonyl (C=O) groups excluding carboxylic acids is 1. The normalized spacial score (nSPS) is 21.9. The molecule has 0 radical (unpaired) electrons. The Labute approximate surface area is 113 Å². The summed E-state index contributed by atoms with van der Waals surface area (Å²) in [5.74, 6) is 0.0116. The molecule has 1 heterocycles. The zero-order chi connectivity index (χ0) is 13.9. The van der Waals surface area contributed by atoms with Crippen LogP contribution in [0.3, 0.4) is 0 Å². The number of hydrogen-bond donors (Lipinski definition) is 0. The molecular formula is C15H9NO4. The molecule has 1 aliphatic carbocycles. The molecule has 0 saturated carbocycles. The predicted molar refractivity (Wildman–Crippen MR) is 70.0 cm³/mol. The maximum atomic E-state index is 12.6. The fraction of sp³-hybridized carbons (Fsp3) is 0.133. The largest absolute Gasteiger partial charge is 0.484 e. The smallest absolute Gasteiger partial charge is 0.280 e. The summed E-state index contributed by atoms with van der Waals surface area (Å²) in [4.78, 5) is 23.2. The zero-order valence-corrected chi connectivity index (χ0v) is 10.3. The SMILES string of the molecule is O=C1c2c(cccc2[N+](=O)[O-])C2Oc3ccccc3C12. The van der Waals surface area contributed by atoms with E-state index in [9.17, 15) is 14.9 Å². The van der Waals surface area contributed by atoms with Crippen LogP contribution in [-0.2, 0) is 0 Å². The van der Waals surface area contributed by atoms with E-state index in [0.29, 0.717) is 11.3 Å². The number of carbonyl (C=O) groups is 1. The number of hydrogen-bond acceptors (Lipinski definition) is 4. The lowest BCUT2D eigenvalue weighted by Gasteiger charge is -2.09. The summed E-state index contributed by atoms with van der Waals surface area (Å²) in [6.07, 6.45) is -0.435. The zero-order valence-electron chi connectivity index (χ0n) is 10.3. The van der Waals surface area contributed by atoms with Crippen LogP contribution in [0.15, 0.2) is 42.5 Å². The summed E-state index contributed by atoms with van der Waals surface area (Å²) in [7, 11) is 0. The number of nitro benzene ring substituents is 1. The van der Waals surface area contributed by atoms with Crippen LogP contribution in [-0.4, -0.2) is 10.7 Å². The van der Waals surface area contributed by atoms with Crippen molar-refractivity contribution < 1.29 is 14.5 Å². The Morgan fingerprint density at radius 1 is 1.05 bits per heavy atom. The molecule has 20 heavy (non-hydrogen) atoms. The molecule has 98 valence electrons. The number of rotatable bonds is 1. The number of fused-ring (bicyclic) bond motifs is 5. The topological polar surface area (TPSA) is 69.4 Å². The summed E-state index contributed by atoms with van der Waals surface area (Å²) in [5, 5.41) is 11.1. The van der Waals surface area contributed by atoms with Crippen LogP contribution in [0.1, 0.15) is 33.5 Å². The van der Waals surface area contributed by atoms with E-state index < -0.39 is 16.9 Å². The highest BCUT2D eigenvalue weighted by Gasteiger charge is 2.50. The Morgan fingerprint density at radius 3 is 2.60 bits per heavy atom. The van der Waals surface area contributed by atoms with Gasteiger partial charge in [-0.05, 0) is 6.07 Å². The van der Waals surface area contributed by atoms with Crippen molar-refractivity contribution in [2.75, 3.05) is 0 Å². The number of ketones is 1. The Kier molecular flexibility index (Phi) is 2.04. The number of Topliss-reactive ketones (excluding diaryl/α,β-unsaturated/α-hetero) is 1. The molecule has 1 aliphatic heterocycles. The third-order valence-electron chi connectivity index (χ3n) is 3.92. The lowest BCUT2D eigenvalue weighted by Crippen LogP contribution is -2.08. The third-order valence-corrected chi connectivity index (χ3v) is 3.92. The van der Waals surface area contributed by atoms with E-state index in [0.717, 1.165) is 5.56 Å². The van der Waals surface area contributed by atoms with E-state index in [1.807, 2.05) is 24.3 Å². The fourth-order valence-electron chi connectivity index (χ4n) is 3.11. The van der Waals surface area contributed by atoms with Crippen molar-refractivity contribution >= 4 is 11.5 Å². The van der Waals surface area contributed by atoms with Gasteiger partial charge in [-0.3, -0.25) is 14.9 Å². The molecule has 0 saturated heterocycles. The molecule has 4 rings (SSSR count). The molecule has 2 aliphatic rings. The van der Waals surface area contributed by atoms with Gasteiger partial charge < -0.3 is 4.74 Å². The number of para-hydroxylation sites is 1. The fourth-order valence-corrected chi connectivity index (χ4v) is 3.11. The highest BCUT2D eigenvalue weighted by Crippen LogP contribution is 2.54. The highest BCUT2D eigenvalue weighted by molar-refractivity contribution is 6.09. The number of benzene rings is 2. The van der Waals surface area contributed by atoms with Crippen LogP contribution in [0.25, 0.3) is 0 Å². The van der Waals surface area contributed by atoms with Gasteiger partial charge in [0.25, 0.3) is 5.69 Å². The van der Waals surface area contributed by atoms with Crippen LogP contribution in [0.4, 0.5) is 5.69 Å². The van der Waals surface area contributed by atoms with Crippen molar-refractivity contribution in [1.82, 2.24) is 0 Å². The van der Waals surface area contributed by atoms with Gasteiger partial charge >= 0.3 is 0 Å². The molecule has 0 fully saturated rings. The first-order valence-corrected chi connectivity index (χ1v) is 6.25. The first-order chi connectivity index (χ1) is 9.68. The van der Waals surface area contributed by atoms with Crippen molar-refractivity contribution in [1.29, 1.82) is 0 Å². The molecule has 2 aromatic carbocycles. The Bertz CT molecular complexity index is 768. The summed E-state index contributed by atoms with van der Waals surface area (Å²) >= 11 is 0. The van der Waals surface area contributed by atoms with Crippen molar-refractivity contribution in [3.63, 3.8) is 0 Å². The second-order valence-electron chi connectivity index (χ2n) is 4.92. The second kappa shape index (κ2) is 3.66. The summed E-state index contributed by atoms with van der Waals surface area (Å²) in [6, 6.07) is 12.0. The van der Waals surface area contributed by atoms with Crippen molar-refractivity contribution in [3.8, 4) is 5.75 Å². The molecule has 2 atom stereocenters. The lowest BCUT2D eigenvalue weighted by molar-refractivity contribution is -0.385. The summed E-state index contributed by atoms with van der Waals surface area (Å²) < 4.78 is 5.82. The number of nitrogens with zero attached hydrogens (tertiary/aromatic N) is 1. The second-order valence-corrected chi connectivity index (χ2v) is 4.92. The van der Waals surface area contributed by atoms with E-state index in [2.05, 4.69) is 0 Å². The first kappa shape index (κ1) is 11.2. The van der Waals surface area contributed by atoms with Crippen molar-refractivity contribution in [2.45, 2.75) is 12.0 Å². The average molecular weight is 267 g/mol. The quantitative estimate of drug-likeness (QED) is 0.588. The third kappa shape index (κ3) is 1.24. The minimum atomic E-state index is -0.510. The van der Waals surface area contributed by atoms with E-state index >= 15 is 0 Å². The monoisotopic (exact) mass is 267 g/mol. The van der Waals surface area contributed by atoms with Crippen LogP contribution in [0.5, 0.6) is 5.75 Å². The van der Waals surface area contributed by atoms with Crippen LogP contribution < -0.4 is 4.74 Å². The van der Waals surface area contributed by atoms with Crippen LogP contribution in [0, 0.1) is 10.1 Å². The Morgan fingerprint density at radius 2 is 1.80 bits per heavy atom. The first-order valence-electron chi connectivity index (χ1n) is 6.25. The molecule has 0 amide bonds. The maximum Gasteiger partial charge on any atom is 0.280 e.